The van der Waals surface area contributed by atoms with Crippen LogP contribution in [0.3, 0.4) is 0 Å². The van der Waals surface area contributed by atoms with Gasteiger partial charge in [-0.1, -0.05) is 12.2 Å². The van der Waals surface area contributed by atoms with Gasteiger partial charge in [0.25, 0.3) is 0 Å². The molecule has 0 aliphatic heterocycles. The lowest BCUT2D eigenvalue weighted by Gasteiger charge is -2.29. The number of hydrogen-bond acceptors (Lipinski definition) is 2. The minimum atomic E-state index is 0.0757. The minimum absolute atomic E-state index is 0.0757. The molecule has 1 unspecified atom stereocenters. The van der Waals surface area contributed by atoms with E-state index in [4.69, 9.17) is 10.8 Å². The summed E-state index contributed by atoms with van der Waals surface area (Å²) in [5.74, 6) is 0. The Morgan fingerprint density at radius 2 is 2.17 bits per heavy atom. The molecular formula is C10H16N2. The SMILES string of the molecule is N=CCCC1(C=N)CC=CCC1. The molecule has 0 heterocycles. The first-order chi connectivity index (χ1) is 5.83. The molecule has 0 saturated carbocycles. The largest absolute Gasteiger partial charge is 0.313 e. The van der Waals surface area contributed by atoms with Crippen LogP contribution in [0.4, 0.5) is 0 Å². The maximum atomic E-state index is 7.39. The van der Waals surface area contributed by atoms with Crippen molar-refractivity contribution in [3.63, 3.8) is 0 Å². The van der Waals surface area contributed by atoms with Crippen molar-refractivity contribution in [3.05, 3.63) is 12.2 Å². The number of hydrogen-bond donors (Lipinski definition) is 2. The van der Waals surface area contributed by atoms with Crippen LogP contribution in [0, 0.1) is 16.2 Å². The van der Waals surface area contributed by atoms with E-state index in [2.05, 4.69) is 12.2 Å². The van der Waals surface area contributed by atoms with Crippen LogP contribution in [-0.4, -0.2) is 12.4 Å². The van der Waals surface area contributed by atoms with Crippen molar-refractivity contribution in [2.24, 2.45) is 5.41 Å². The maximum Gasteiger partial charge on any atom is 0.00904 e. The van der Waals surface area contributed by atoms with Crippen LogP contribution in [0.15, 0.2) is 12.2 Å². The number of nitrogens with one attached hydrogen (secondary N) is 2. The van der Waals surface area contributed by atoms with E-state index < -0.39 is 0 Å². The zero-order chi connectivity index (χ0) is 8.86. The summed E-state index contributed by atoms with van der Waals surface area (Å²) in [4.78, 5) is 0. The van der Waals surface area contributed by atoms with Crippen LogP contribution in [-0.2, 0) is 0 Å². The van der Waals surface area contributed by atoms with Gasteiger partial charge in [0.15, 0.2) is 0 Å². The maximum absolute atomic E-state index is 7.39. The topological polar surface area (TPSA) is 47.7 Å². The first-order valence-corrected chi connectivity index (χ1v) is 4.48. The number of rotatable bonds is 4. The van der Waals surface area contributed by atoms with E-state index in [9.17, 15) is 0 Å². The van der Waals surface area contributed by atoms with Crippen LogP contribution in [0.2, 0.25) is 0 Å². The highest BCUT2D eigenvalue weighted by Gasteiger charge is 2.26. The molecule has 0 saturated heterocycles. The molecule has 66 valence electrons. The van der Waals surface area contributed by atoms with Gasteiger partial charge in [0, 0.05) is 11.6 Å². The fraction of sp³-hybridized carbons (Fsp3) is 0.600. The van der Waals surface area contributed by atoms with Gasteiger partial charge in [-0.3, -0.25) is 0 Å². The standard InChI is InChI=1S/C10H16N2/c11-8-4-7-10(9-12)5-2-1-3-6-10/h1-2,8-9,11-12H,3-7H2. The lowest BCUT2D eigenvalue weighted by Crippen LogP contribution is -2.23. The molecule has 1 aliphatic rings. The second-order valence-electron chi connectivity index (χ2n) is 3.46. The van der Waals surface area contributed by atoms with E-state index in [0.29, 0.717) is 0 Å². The monoisotopic (exact) mass is 164 g/mol. The summed E-state index contributed by atoms with van der Waals surface area (Å²) in [6.45, 7) is 0. The second kappa shape index (κ2) is 4.19. The van der Waals surface area contributed by atoms with Gasteiger partial charge in [-0.15, -0.1) is 0 Å². The van der Waals surface area contributed by atoms with Crippen LogP contribution in [0.1, 0.15) is 32.1 Å². The zero-order valence-corrected chi connectivity index (χ0v) is 7.34. The fourth-order valence-corrected chi connectivity index (χ4v) is 1.70. The van der Waals surface area contributed by atoms with Crippen LogP contribution in [0.25, 0.3) is 0 Å². The normalized spacial score (nSPS) is 28.3. The molecule has 0 spiro atoms. The molecule has 0 radical (unpaired) electrons. The van der Waals surface area contributed by atoms with Crippen molar-refractivity contribution < 1.29 is 0 Å². The predicted molar refractivity (Wildman–Crippen MR) is 52.2 cm³/mol. The third-order valence-corrected chi connectivity index (χ3v) is 2.59. The van der Waals surface area contributed by atoms with E-state index in [1.165, 1.54) is 6.21 Å². The zero-order valence-electron chi connectivity index (χ0n) is 7.34. The Morgan fingerprint density at radius 3 is 2.67 bits per heavy atom. The highest BCUT2D eigenvalue weighted by atomic mass is 14.4. The molecule has 0 bridgehead atoms. The second-order valence-corrected chi connectivity index (χ2v) is 3.46. The summed E-state index contributed by atoms with van der Waals surface area (Å²) in [5, 5.41) is 14.4. The van der Waals surface area contributed by atoms with Crippen molar-refractivity contribution >= 4 is 12.4 Å². The van der Waals surface area contributed by atoms with Crippen molar-refractivity contribution in [2.75, 3.05) is 0 Å². The van der Waals surface area contributed by atoms with Crippen LogP contribution >= 0.6 is 0 Å². The molecule has 2 heteroatoms. The lowest BCUT2D eigenvalue weighted by molar-refractivity contribution is 0.365. The quantitative estimate of drug-likeness (QED) is 0.474. The van der Waals surface area contributed by atoms with Gasteiger partial charge in [-0.25, -0.2) is 0 Å². The van der Waals surface area contributed by atoms with Gasteiger partial charge in [-0.05, 0) is 38.3 Å². The van der Waals surface area contributed by atoms with Gasteiger partial charge in [0.05, 0.1) is 0 Å². The van der Waals surface area contributed by atoms with Gasteiger partial charge in [0.1, 0.15) is 0 Å². The van der Waals surface area contributed by atoms with Gasteiger partial charge in [0.2, 0.25) is 0 Å². The Hall–Kier alpha value is -0.920. The molecule has 2 nitrogen and oxygen atoms in total. The predicted octanol–water partition coefficient (Wildman–Crippen LogP) is 2.79. The lowest BCUT2D eigenvalue weighted by atomic mass is 9.75. The highest BCUT2D eigenvalue weighted by Crippen LogP contribution is 2.34. The first-order valence-electron chi connectivity index (χ1n) is 4.48. The van der Waals surface area contributed by atoms with E-state index in [1.807, 2.05) is 0 Å². The average molecular weight is 164 g/mol. The van der Waals surface area contributed by atoms with E-state index in [0.717, 1.165) is 32.1 Å². The summed E-state index contributed by atoms with van der Waals surface area (Å²) >= 11 is 0. The fourth-order valence-electron chi connectivity index (χ4n) is 1.70. The smallest absolute Gasteiger partial charge is 0.00904 e. The van der Waals surface area contributed by atoms with Crippen molar-refractivity contribution in [2.45, 2.75) is 32.1 Å². The summed E-state index contributed by atoms with van der Waals surface area (Å²) in [7, 11) is 0. The summed E-state index contributed by atoms with van der Waals surface area (Å²) < 4.78 is 0. The molecule has 0 aromatic heterocycles. The van der Waals surface area contributed by atoms with Crippen molar-refractivity contribution in [1.82, 2.24) is 0 Å². The van der Waals surface area contributed by atoms with Gasteiger partial charge >= 0.3 is 0 Å². The molecular weight excluding hydrogens is 148 g/mol. The molecule has 0 fully saturated rings. The Bertz CT molecular complexity index is 196. The van der Waals surface area contributed by atoms with E-state index >= 15 is 0 Å². The molecule has 0 aromatic carbocycles. The third-order valence-electron chi connectivity index (χ3n) is 2.59. The van der Waals surface area contributed by atoms with Crippen LogP contribution in [0.5, 0.6) is 0 Å². The van der Waals surface area contributed by atoms with E-state index in [-0.39, 0.29) is 5.41 Å². The van der Waals surface area contributed by atoms with Gasteiger partial charge in [-0.2, -0.15) is 0 Å². The minimum Gasteiger partial charge on any atom is -0.313 e. The van der Waals surface area contributed by atoms with Gasteiger partial charge < -0.3 is 10.8 Å². The molecule has 0 aromatic rings. The molecule has 1 rings (SSSR count). The van der Waals surface area contributed by atoms with Crippen LogP contribution < -0.4 is 0 Å². The first kappa shape index (κ1) is 9.17. The van der Waals surface area contributed by atoms with E-state index in [1.54, 1.807) is 6.21 Å². The molecule has 12 heavy (non-hydrogen) atoms. The summed E-state index contributed by atoms with van der Waals surface area (Å²) in [5.41, 5.74) is 0.0757. The number of allylic oxidation sites excluding steroid dienone is 2. The third kappa shape index (κ3) is 2.03. The van der Waals surface area contributed by atoms with Crippen molar-refractivity contribution in [1.29, 1.82) is 10.8 Å². The highest BCUT2D eigenvalue weighted by molar-refractivity contribution is 5.64. The molecule has 0 amide bonds. The molecule has 1 aliphatic carbocycles. The molecule has 1 atom stereocenters. The summed E-state index contributed by atoms with van der Waals surface area (Å²) in [6.07, 6.45) is 12.3. The average Bonchev–Trinajstić information content (AvgIpc) is 2.16. The summed E-state index contributed by atoms with van der Waals surface area (Å²) in [6, 6.07) is 0. The molecule has 2 N–H and O–H groups in total. The Labute approximate surface area is 73.7 Å². The Morgan fingerprint density at radius 1 is 1.33 bits per heavy atom. The Balaban J connectivity index is 2.55. The Kier molecular flexibility index (Phi) is 3.20. The van der Waals surface area contributed by atoms with Crippen molar-refractivity contribution in [3.8, 4) is 0 Å².